The lowest BCUT2D eigenvalue weighted by Gasteiger charge is -2.22. The minimum atomic E-state index is -0.818. The van der Waals surface area contributed by atoms with Crippen molar-refractivity contribution in [3.05, 3.63) is 22.4 Å². The molecule has 4 nitrogen and oxygen atoms in total. The van der Waals surface area contributed by atoms with E-state index in [0.717, 1.165) is 4.88 Å². The van der Waals surface area contributed by atoms with E-state index in [-0.39, 0.29) is 11.8 Å². The van der Waals surface area contributed by atoms with Gasteiger partial charge in [0.25, 0.3) is 0 Å². The number of carbonyl (C=O) groups is 2. The average molecular weight is 267 g/mol. The van der Waals surface area contributed by atoms with Gasteiger partial charge in [-0.05, 0) is 31.7 Å². The van der Waals surface area contributed by atoms with Gasteiger partial charge >= 0.3 is 5.97 Å². The number of hydrogen-bond donors (Lipinski definition) is 1. The van der Waals surface area contributed by atoms with Crippen molar-refractivity contribution >= 4 is 23.2 Å². The van der Waals surface area contributed by atoms with Gasteiger partial charge in [-0.15, -0.1) is 11.3 Å². The van der Waals surface area contributed by atoms with Gasteiger partial charge in [0.05, 0.1) is 11.3 Å². The first-order valence-electron chi connectivity index (χ1n) is 5.99. The Bertz CT molecular complexity index is 457. The molecule has 1 aliphatic rings. The van der Waals surface area contributed by atoms with Crippen LogP contribution in [0.3, 0.4) is 0 Å². The van der Waals surface area contributed by atoms with Gasteiger partial charge in [-0.25, -0.2) is 0 Å². The molecule has 1 aliphatic heterocycles. The first-order valence-corrected chi connectivity index (χ1v) is 6.87. The molecule has 1 aromatic rings. The molecule has 0 bridgehead atoms. The minimum absolute atomic E-state index is 0.0300. The van der Waals surface area contributed by atoms with Crippen LogP contribution in [0.5, 0.6) is 0 Å². The third-order valence-electron chi connectivity index (χ3n) is 3.64. The lowest BCUT2D eigenvalue weighted by Crippen LogP contribution is -2.36. The van der Waals surface area contributed by atoms with Crippen LogP contribution in [0.2, 0.25) is 0 Å². The Morgan fingerprint density at radius 1 is 1.56 bits per heavy atom. The average Bonchev–Trinajstić information content (AvgIpc) is 2.96. The number of carbonyl (C=O) groups excluding carboxylic acids is 1. The Morgan fingerprint density at radius 2 is 2.28 bits per heavy atom. The molecule has 0 saturated carbocycles. The van der Waals surface area contributed by atoms with Crippen LogP contribution in [-0.4, -0.2) is 35.0 Å². The Balaban J connectivity index is 2.06. The highest BCUT2D eigenvalue weighted by Crippen LogP contribution is 2.32. The fraction of sp³-hybridized carbons (Fsp3) is 0.538. The molecule has 1 amide bonds. The van der Waals surface area contributed by atoms with Crippen molar-refractivity contribution in [2.45, 2.75) is 26.2 Å². The van der Waals surface area contributed by atoms with E-state index in [9.17, 15) is 9.59 Å². The summed E-state index contributed by atoms with van der Waals surface area (Å²) in [5, 5.41) is 11.1. The summed E-state index contributed by atoms with van der Waals surface area (Å²) in [5.74, 6) is -0.967. The molecule has 18 heavy (non-hydrogen) atoms. The molecular formula is C13H17NO3S. The van der Waals surface area contributed by atoms with Crippen LogP contribution < -0.4 is 0 Å². The van der Waals surface area contributed by atoms with E-state index in [2.05, 4.69) is 0 Å². The normalized spacial score (nSPS) is 25.1. The molecule has 1 aromatic heterocycles. The second-order valence-electron chi connectivity index (χ2n) is 5.11. The van der Waals surface area contributed by atoms with Gasteiger partial charge in [-0.2, -0.15) is 0 Å². The van der Waals surface area contributed by atoms with Crippen LogP contribution in [0.15, 0.2) is 17.5 Å². The smallest absolute Gasteiger partial charge is 0.311 e. The minimum Gasteiger partial charge on any atom is -0.481 e. The molecule has 1 saturated heterocycles. The number of likely N-dealkylation sites (tertiary alicyclic amines) is 1. The third-order valence-corrected chi connectivity index (χ3v) is 4.70. The Kier molecular flexibility index (Phi) is 3.43. The van der Waals surface area contributed by atoms with E-state index < -0.39 is 11.4 Å². The molecule has 98 valence electrons. The third kappa shape index (κ3) is 2.27. The molecule has 0 radical (unpaired) electrons. The number of aliphatic carboxylic acids is 1. The van der Waals surface area contributed by atoms with Crippen LogP contribution in [0.25, 0.3) is 0 Å². The number of rotatable bonds is 3. The number of thiophene rings is 1. The molecular weight excluding hydrogens is 250 g/mol. The van der Waals surface area contributed by atoms with Crippen LogP contribution in [-0.2, 0) is 9.59 Å². The SMILES string of the molecule is CC(C(=O)N1CCC(C)(C(=O)O)C1)c1cccs1. The number of carboxylic acid groups (broad SMARTS) is 1. The maximum Gasteiger partial charge on any atom is 0.311 e. The summed E-state index contributed by atoms with van der Waals surface area (Å²) in [6.45, 7) is 4.44. The first-order chi connectivity index (χ1) is 8.44. The van der Waals surface area contributed by atoms with E-state index >= 15 is 0 Å². The van der Waals surface area contributed by atoms with Crippen LogP contribution in [0.1, 0.15) is 31.1 Å². The summed E-state index contributed by atoms with van der Waals surface area (Å²) in [7, 11) is 0. The van der Waals surface area contributed by atoms with E-state index in [1.165, 1.54) is 0 Å². The number of carboxylic acids is 1. The number of hydrogen-bond acceptors (Lipinski definition) is 3. The largest absolute Gasteiger partial charge is 0.481 e. The van der Waals surface area contributed by atoms with Crippen molar-refractivity contribution in [3.8, 4) is 0 Å². The van der Waals surface area contributed by atoms with Crippen LogP contribution in [0.4, 0.5) is 0 Å². The maximum atomic E-state index is 12.3. The Morgan fingerprint density at radius 3 is 2.78 bits per heavy atom. The summed E-state index contributed by atoms with van der Waals surface area (Å²) in [4.78, 5) is 26.2. The van der Waals surface area contributed by atoms with Gasteiger partial charge in [-0.3, -0.25) is 9.59 Å². The Labute approximate surface area is 110 Å². The summed E-state index contributed by atoms with van der Waals surface area (Å²) in [6.07, 6.45) is 0.533. The second kappa shape index (κ2) is 4.72. The fourth-order valence-corrected chi connectivity index (χ4v) is 3.03. The fourth-order valence-electron chi connectivity index (χ4n) is 2.26. The van der Waals surface area contributed by atoms with Gasteiger partial charge in [-0.1, -0.05) is 6.07 Å². The van der Waals surface area contributed by atoms with Crippen molar-refractivity contribution in [3.63, 3.8) is 0 Å². The second-order valence-corrected chi connectivity index (χ2v) is 6.09. The molecule has 1 N–H and O–H groups in total. The zero-order valence-electron chi connectivity index (χ0n) is 10.5. The quantitative estimate of drug-likeness (QED) is 0.913. The number of amides is 1. The Hall–Kier alpha value is -1.36. The molecule has 0 aromatic carbocycles. The van der Waals surface area contributed by atoms with E-state index in [0.29, 0.717) is 19.5 Å². The molecule has 1 fully saturated rings. The van der Waals surface area contributed by atoms with Crippen LogP contribution >= 0.6 is 11.3 Å². The molecule has 2 heterocycles. The highest BCUT2D eigenvalue weighted by molar-refractivity contribution is 7.10. The predicted molar refractivity (Wildman–Crippen MR) is 69.7 cm³/mol. The van der Waals surface area contributed by atoms with Crippen molar-refractivity contribution in [1.82, 2.24) is 4.90 Å². The first kappa shape index (κ1) is 13.1. The molecule has 0 spiro atoms. The monoisotopic (exact) mass is 267 g/mol. The zero-order chi connectivity index (χ0) is 13.3. The van der Waals surface area contributed by atoms with Gasteiger partial charge in [0.2, 0.25) is 5.91 Å². The predicted octanol–water partition coefficient (Wildman–Crippen LogP) is 2.17. The van der Waals surface area contributed by atoms with E-state index in [1.807, 2.05) is 24.4 Å². The van der Waals surface area contributed by atoms with Crippen molar-refractivity contribution in [1.29, 1.82) is 0 Å². The summed E-state index contributed by atoms with van der Waals surface area (Å²) >= 11 is 1.56. The lowest BCUT2D eigenvalue weighted by atomic mass is 9.90. The highest BCUT2D eigenvalue weighted by Gasteiger charge is 2.42. The molecule has 5 heteroatoms. The number of nitrogens with zero attached hydrogens (tertiary/aromatic N) is 1. The van der Waals surface area contributed by atoms with E-state index in [4.69, 9.17) is 5.11 Å². The topological polar surface area (TPSA) is 57.6 Å². The standard InChI is InChI=1S/C13H17NO3S/c1-9(10-4-3-7-18-10)11(15)14-6-5-13(2,8-14)12(16)17/h3-4,7,9H,5-6,8H2,1-2H3,(H,16,17). The van der Waals surface area contributed by atoms with Crippen LogP contribution in [0, 0.1) is 5.41 Å². The highest BCUT2D eigenvalue weighted by atomic mass is 32.1. The van der Waals surface area contributed by atoms with E-state index in [1.54, 1.807) is 23.2 Å². The van der Waals surface area contributed by atoms with Gasteiger partial charge in [0.15, 0.2) is 0 Å². The maximum absolute atomic E-state index is 12.3. The molecule has 2 rings (SSSR count). The van der Waals surface area contributed by atoms with Crippen molar-refractivity contribution in [2.24, 2.45) is 5.41 Å². The van der Waals surface area contributed by atoms with Gasteiger partial charge < -0.3 is 10.0 Å². The van der Waals surface area contributed by atoms with Gasteiger partial charge in [0.1, 0.15) is 0 Å². The zero-order valence-corrected chi connectivity index (χ0v) is 11.4. The molecule has 2 atom stereocenters. The summed E-state index contributed by atoms with van der Waals surface area (Å²) in [5.41, 5.74) is -0.787. The molecule has 0 aliphatic carbocycles. The van der Waals surface area contributed by atoms with Gasteiger partial charge in [0, 0.05) is 18.0 Å². The summed E-state index contributed by atoms with van der Waals surface area (Å²) in [6, 6.07) is 3.87. The van der Waals surface area contributed by atoms with Crippen molar-refractivity contribution < 1.29 is 14.7 Å². The summed E-state index contributed by atoms with van der Waals surface area (Å²) < 4.78 is 0. The van der Waals surface area contributed by atoms with Crippen molar-refractivity contribution in [2.75, 3.05) is 13.1 Å². The molecule has 2 unspecified atom stereocenters. The lowest BCUT2D eigenvalue weighted by molar-refractivity contribution is -0.147.